The van der Waals surface area contributed by atoms with Crippen LogP contribution >= 0.6 is 0 Å². The summed E-state index contributed by atoms with van der Waals surface area (Å²) in [4.78, 5) is 2.31. The number of methoxy groups -OCH3 is 2. The number of halogens is 1. The molecule has 3 rings (SSSR count). The van der Waals surface area contributed by atoms with Gasteiger partial charge in [0.2, 0.25) is 0 Å². The van der Waals surface area contributed by atoms with E-state index in [2.05, 4.69) is 4.90 Å². The first-order valence-corrected chi connectivity index (χ1v) is 10.6. The van der Waals surface area contributed by atoms with E-state index in [1.807, 2.05) is 18.2 Å². The van der Waals surface area contributed by atoms with Crippen LogP contribution in [0.3, 0.4) is 0 Å². The highest BCUT2D eigenvalue weighted by Gasteiger charge is 2.31. The second-order valence-corrected chi connectivity index (χ2v) is 7.90. The van der Waals surface area contributed by atoms with Crippen LogP contribution in [0.2, 0.25) is 0 Å². The first-order chi connectivity index (χ1) is 15.0. The summed E-state index contributed by atoms with van der Waals surface area (Å²) in [6, 6.07) is 12.2. The molecule has 1 fully saturated rings. The smallest absolute Gasteiger partial charge is 0.165 e. The van der Waals surface area contributed by atoms with Crippen molar-refractivity contribution < 1.29 is 28.4 Å². The van der Waals surface area contributed by atoms with Gasteiger partial charge in [0.15, 0.2) is 23.1 Å². The van der Waals surface area contributed by atoms with Crippen LogP contribution in [-0.4, -0.2) is 62.7 Å². The van der Waals surface area contributed by atoms with Crippen LogP contribution < -0.4 is 14.2 Å². The molecule has 0 radical (unpaired) electrons. The third-order valence-corrected chi connectivity index (χ3v) is 5.52. The summed E-state index contributed by atoms with van der Waals surface area (Å²) < 4.78 is 35.6. The molecule has 7 heteroatoms. The highest BCUT2D eigenvalue weighted by atomic mass is 19.1. The Kier molecular flexibility index (Phi) is 8.51. The second kappa shape index (κ2) is 11.3. The Balaban J connectivity index is 1.56. The van der Waals surface area contributed by atoms with Crippen LogP contribution in [0.4, 0.5) is 4.39 Å². The highest BCUT2D eigenvalue weighted by Crippen LogP contribution is 2.30. The van der Waals surface area contributed by atoms with Gasteiger partial charge in [0.1, 0.15) is 13.2 Å². The Morgan fingerprint density at radius 3 is 2.58 bits per heavy atom. The molecule has 0 spiro atoms. The van der Waals surface area contributed by atoms with Crippen LogP contribution in [0.1, 0.15) is 24.8 Å². The van der Waals surface area contributed by atoms with Gasteiger partial charge < -0.3 is 24.1 Å². The molecule has 6 nitrogen and oxygen atoms in total. The number of rotatable bonds is 10. The number of benzene rings is 2. The average molecular weight is 434 g/mol. The molecular formula is C24H32FNO5. The summed E-state index contributed by atoms with van der Waals surface area (Å²) in [5.74, 6) is 1.15. The van der Waals surface area contributed by atoms with Crippen LogP contribution in [-0.2, 0) is 11.3 Å². The van der Waals surface area contributed by atoms with E-state index in [9.17, 15) is 9.50 Å². The van der Waals surface area contributed by atoms with Gasteiger partial charge in [-0.25, -0.2) is 4.39 Å². The molecule has 170 valence electrons. The molecule has 2 aromatic carbocycles. The minimum Gasteiger partial charge on any atom is -0.493 e. The molecule has 0 bridgehead atoms. The van der Waals surface area contributed by atoms with Gasteiger partial charge in [0.05, 0.1) is 19.3 Å². The summed E-state index contributed by atoms with van der Waals surface area (Å²) in [6.45, 7) is 3.38. The predicted octanol–water partition coefficient (Wildman–Crippen LogP) is 3.66. The Hall–Kier alpha value is -2.35. The van der Waals surface area contributed by atoms with E-state index < -0.39 is 11.4 Å². The maximum absolute atomic E-state index is 13.8. The topological polar surface area (TPSA) is 60.4 Å². The van der Waals surface area contributed by atoms with Gasteiger partial charge >= 0.3 is 0 Å². The van der Waals surface area contributed by atoms with Crippen LogP contribution in [0.25, 0.3) is 0 Å². The number of likely N-dealkylation sites (tertiary alicyclic amines) is 1. The molecule has 1 atom stereocenters. The molecule has 31 heavy (non-hydrogen) atoms. The minimum absolute atomic E-state index is 0.0851. The summed E-state index contributed by atoms with van der Waals surface area (Å²) >= 11 is 0. The zero-order chi connectivity index (χ0) is 22.1. The van der Waals surface area contributed by atoms with Crippen molar-refractivity contribution in [3.8, 4) is 17.2 Å². The van der Waals surface area contributed by atoms with Crippen LogP contribution in [0, 0.1) is 5.82 Å². The summed E-state index contributed by atoms with van der Waals surface area (Å²) in [6.07, 6.45) is 2.02. The van der Waals surface area contributed by atoms with Gasteiger partial charge in [-0.3, -0.25) is 4.90 Å². The van der Waals surface area contributed by atoms with Crippen molar-refractivity contribution in [2.75, 3.05) is 47.1 Å². The highest BCUT2D eigenvalue weighted by molar-refractivity contribution is 5.43. The van der Waals surface area contributed by atoms with E-state index in [1.54, 1.807) is 32.4 Å². The Morgan fingerprint density at radius 2 is 1.81 bits per heavy atom. The van der Waals surface area contributed by atoms with Gasteiger partial charge in [-0.1, -0.05) is 18.2 Å². The van der Waals surface area contributed by atoms with Gasteiger partial charge in [-0.2, -0.15) is 0 Å². The van der Waals surface area contributed by atoms with Gasteiger partial charge in [-0.15, -0.1) is 0 Å². The number of ether oxygens (including phenoxy) is 4. The molecule has 0 aliphatic carbocycles. The Morgan fingerprint density at radius 1 is 0.968 bits per heavy atom. The number of aliphatic hydroxyl groups is 1. The predicted molar refractivity (Wildman–Crippen MR) is 116 cm³/mol. The number of para-hydroxylation sites is 1. The molecular weight excluding hydrogens is 401 g/mol. The van der Waals surface area contributed by atoms with E-state index in [1.165, 1.54) is 6.07 Å². The van der Waals surface area contributed by atoms with Crippen LogP contribution in [0.5, 0.6) is 17.2 Å². The average Bonchev–Trinajstić information content (AvgIpc) is 2.95. The SMILES string of the molecule is COCCOc1cc(CN2CCC[C@@](O)(COc3ccccc3F)CC2)ccc1OC. The van der Waals surface area contributed by atoms with E-state index in [-0.39, 0.29) is 12.4 Å². The maximum atomic E-state index is 13.8. The van der Waals surface area contributed by atoms with Crippen molar-refractivity contribution in [1.29, 1.82) is 0 Å². The molecule has 0 aromatic heterocycles. The van der Waals surface area contributed by atoms with Gasteiger partial charge in [0, 0.05) is 20.2 Å². The molecule has 1 aliphatic heterocycles. The third-order valence-electron chi connectivity index (χ3n) is 5.52. The van der Waals surface area contributed by atoms with Crippen molar-refractivity contribution in [3.05, 3.63) is 53.8 Å². The molecule has 0 saturated carbocycles. The molecule has 1 heterocycles. The van der Waals surface area contributed by atoms with Gasteiger partial charge in [0.25, 0.3) is 0 Å². The third kappa shape index (κ3) is 6.82. The lowest BCUT2D eigenvalue weighted by molar-refractivity contribution is -0.0177. The maximum Gasteiger partial charge on any atom is 0.165 e. The zero-order valence-electron chi connectivity index (χ0n) is 18.3. The van der Waals surface area contributed by atoms with Crippen molar-refractivity contribution in [1.82, 2.24) is 4.90 Å². The number of nitrogens with zero attached hydrogens (tertiary/aromatic N) is 1. The lowest BCUT2D eigenvalue weighted by Gasteiger charge is -2.27. The molecule has 2 aromatic rings. The lowest BCUT2D eigenvalue weighted by Crippen LogP contribution is -2.37. The van der Waals surface area contributed by atoms with E-state index >= 15 is 0 Å². The second-order valence-electron chi connectivity index (χ2n) is 7.90. The largest absolute Gasteiger partial charge is 0.493 e. The first kappa shape index (κ1) is 23.3. The van der Waals surface area contributed by atoms with E-state index in [4.69, 9.17) is 18.9 Å². The quantitative estimate of drug-likeness (QED) is 0.577. The fourth-order valence-corrected chi connectivity index (χ4v) is 3.74. The number of hydrogen-bond acceptors (Lipinski definition) is 6. The van der Waals surface area contributed by atoms with Crippen molar-refractivity contribution in [2.45, 2.75) is 31.4 Å². The summed E-state index contributed by atoms with van der Waals surface area (Å²) in [7, 11) is 3.26. The summed E-state index contributed by atoms with van der Waals surface area (Å²) in [5, 5.41) is 11.0. The fourth-order valence-electron chi connectivity index (χ4n) is 3.74. The number of hydrogen-bond donors (Lipinski definition) is 1. The normalized spacial score (nSPS) is 19.6. The van der Waals surface area contributed by atoms with E-state index in [0.29, 0.717) is 37.6 Å². The molecule has 1 saturated heterocycles. The monoisotopic (exact) mass is 433 g/mol. The fraction of sp³-hybridized carbons (Fsp3) is 0.500. The Labute approximate surface area is 183 Å². The first-order valence-electron chi connectivity index (χ1n) is 10.6. The summed E-state index contributed by atoms with van der Waals surface area (Å²) in [5.41, 5.74) is 0.145. The van der Waals surface area contributed by atoms with Crippen molar-refractivity contribution in [2.24, 2.45) is 0 Å². The molecule has 0 unspecified atom stereocenters. The standard InChI is InChI=1S/C24H32FNO5/c1-28-14-15-30-23-16-19(8-9-22(23)29-2)17-26-12-5-10-24(27,11-13-26)18-31-21-7-4-3-6-20(21)25/h3-4,6-9,16,27H,5,10-15,17-18H2,1-2H3/t24-/m0/s1. The molecule has 0 amide bonds. The minimum atomic E-state index is -0.967. The van der Waals surface area contributed by atoms with Crippen LogP contribution in [0.15, 0.2) is 42.5 Å². The van der Waals surface area contributed by atoms with Crippen molar-refractivity contribution >= 4 is 0 Å². The molecule has 1 aliphatic rings. The zero-order valence-corrected chi connectivity index (χ0v) is 18.3. The lowest BCUT2D eigenvalue weighted by atomic mass is 9.96. The van der Waals surface area contributed by atoms with Gasteiger partial charge in [-0.05, 0) is 55.6 Å². The van der Waals surface area contributed by atoms with Crippen molar-refractivity contribution in [3.63, 3.8) is 0 Å². The van der Waals surface area contributed by atoms with E-state index in [0.717, 1.165) is 31.6 Å². The molecule has 1 N–H and O–H groups in total. The Bertz CT molecular complexity index is 833.